The fraction of sp³-hybridized carbons (Fsp3) is 0.261. The van der Waals surface area contributed by atoms with E-state index in [0.29, 0.717) is 49.2 Å². The quantitative estimate of drug-likeness (QED) is 0.568. The Labute approximate surface area is 178 Å². The maximum Gasteiger partial charge on any atom is 0.335 e. The molecule has 0 radical (unpaired) electrons. The zero-order chi connectivity index (χ0) is 22.0. The third-order valence-electron chi connectivity index (χ3n) is 5.75. The van der Waals surface area contributed by atoms with Crippen LogP contribution in [0.3, 0.4) is 0 Å². The predicted molar refractivity (Wildman–Crippen MR) is 114 cm³/mol. The van der Waals surface area contributed by atoms with Gasteiger partial charge in [-0.25, -0.2) is 4.79 Å². The van der Waals surface area contributed by atoms with Crippen LogP contribution >= 0.6 is 0 Å². The molecule has 0 spiro atoms. The van der Waals surface area contributed by atoms with Crippen LogP contribution in [0.4, 0.5) is 0 Å². The molecule has 0 saturated carbocycles. The molecule has 1 aliphatic heterocycles. The van der Waals surface area contributed by atoms with E-state index in [0.717, 1.165) is 12.0 Å². The number of carboxylic acids is 2. The SMILES string of the molecule is O=CN1CCN(C(C(=O)O)c2cn(Cc3ccccc3)c3cc(C(=O)O)ccc23)CC1. The van der Waals surface area contributed by atoms with Gasteiger partial charge >= 0.3 is 11.9 Å². The minimum atomic E-state index is -1.03. The lowest BCUT2D eigenvalue weighted by Gasteiger charge is -2.36. The molecule has 2 heterocycles. The largest absolute Gasteiger partial charge is 0.480 e. The van der Waals surface area contributed by atoms with Crippen molar-refractivity contribution in [2.45, 2.75) is 12.6 Å². The van der Waals surface area contributed by atoms with Gasteiger partial charge in [0.1, 0.15) is 6.04 Å². The highest BCUT2D eigenvalue weighted by molar-refractivity contribution is 5.96. The second-order valence-corrected chi connectivity index (χ2v) is 7.65. The van der Waals surface area contributed by atoms with Crippen molar-refractivity contribution in [3.63, 3.8) is 0 Å². The molecule has 0 bridgehead atoms. The molecule has 8 nitrogen and oxygen atoms in total. The summed E-state index contributed by atoms with van der Waals surface area (Å²) in [6, 6.07) is 13.6. The van der Waals surface area contributed by atoms with E-state index >= 15 is 0 Å². The first-order valence-electron chi connectivity index (χ1n) is 10.0. The lowest BCUT2D eigenvalue weighted by Crippen LogP contribution is -2.48. The maximum absolute atomic E-state index is 12.3. The molecule has 1 atom stereocenters. The van der Waals surface area contributed by atoms with Gasteiger partial charge in [0.2, 0.25) is 6.41 Å². The number of amides is 1. The summed E-state index contributed by atoms with van der Waals surface area (Å²) in [5, 5.41) is 20.2. The third-order valence-corrected chi connectivity index (χ3v) is 5.75. The minimum absolute atomic E-state index is 0.151. The van der Waals surface area contributed by atoms with E-state index in [1.807, 2.05) is 46.0 Å². The maximum atomic E-state index is 12.3. The Hall–Kier alpha value is -3.65. The summed E-state index contributed by atoms with van der Waals surface area (Å²) >= 11 is 0. The summed E-state index contributed by atoms with van der Waals surface area (Å²) in [4.78, 5) is 38.3. The van der Waals surface area contributed by atoms with Gasteiger partial charge in [0, 0.05) is 55.4 Å². The molecule has 31 heavy (non-hydrogen) atoms. The molecule has 2 N–H and O–H groups in total. The Balaban J connectivity index is 1.79. The van der Waals surface area contributed by atoms with Crippen molar-refractivity contribution in [2.75, 3.05) is 26.2 Å². The molecule has 1 aliphatic rings. The monoisotopic (exact) mass is 421 g/mol. The van der Waals surface area contributed by atoms with Gasteiger partial charge in [0.15, 0.2) is 0 Å². The van der Waals surface area contributed by atoms with Gasteiger partial charge in [0.05, 0.1) is 5.56 Å². The van der Waals surface area contributed by atoms with Crippen molar-refractivity contribution < 1.29 is 24.6 Å². The minimum Gasteiger partial charge on any atom is -0.480 e. The van der Waals surface area contributed by atoms with Crippen molar-refractivity contribution in [1.82, 2.24) is 14.4 Å². The predicted octanol–water partition coefficient (Wildman–Crippen LogP) is 2.29. The molecule has 0 aliphatic carbocycles. The molecule has 160 valence electrons. The zero-order valence-electron chi connectivity index (χ0n) is 16.8. The number of hydrogen-bond acceptors (Lipinski definition) is 4. The smallest absolute Gasteiger partial charge is 0.335 e. The van der Waals surface area contributed by atoms with Gasteiger partial charge in [-0.3, -0.25) is 14.5 Å². The van der Waals surface area contributed by atoms with E-state index in [-0.39, 0.29) is 5.56 Å². The number of aromatic carboxylic acids is 1. The van der Waals surface area contributed by atoms with Crippen molar-refractivity contribution in [2.24, 2.45) is 0 Å². The molecule has 1 unspecified atom stereocenters. The zero-order valence-corrected chi connectivity index (χ0v) is 16.8. The van der Waals surface area contributed by atoms with Crippen LogP contribution in [0.25, 0.3) is 10.9 Å². The Morgan fingerprint density at radius 3 is 2.32 bits per heavy atom. The second kappa shape index (κ2) is 8.61. The van der Waals surface area contributed by atoms with Gasteiger partial charge in [-0.15, -0.1) is 0 Å². The summed E-state index contributed by atoms with van der Waals surface area (Å²) in [5.41, 5.74) is 2.47. The van der Waals surface area contributed by atoms with Crippen LogP contribution in [0.2, 0.25) is 0 Å². The summed E-state index contributed by atoms with van der Waals surface area (Å²) in [6.07, 6.45) is 2.60. The van der Waals surface area contributed by atoms with Crippen molar-refractivity contribution in [3.05, 3.63) is 71.4 Å². The van der Waals surface area contributed by atoms with E-state index in [9.17, 15) is 24.6 Å². The van der Waals surface area contributed by atoms with Gasteiger partial charge < -0.3 is 19.7 Å². The molecule has 1 saturated heterocycles. The van der Waals surface area contributed by atoms with Crippen LogP contribution < -0.4 is 0 Å². The average Bonchev–Trinajstić information content (AvgIpc) is 3.12. The van der Waals surface area contributed by atoms with Gasteiger partial charge in [-0.05, 0) is 17.7 Å². The van der Waals surface area contributed by atoms with Crippen LogP contribution in [0.15, 0.2) is 54.7 Å². The molecule has 3 aromatic rings. The van der Waals surface area contributed by atoms with Gasteiger partial charge in [0.25, 0.3) is 0 Å². The number of piperazine rings is 1. The number of carbonyl (C=O) groups is 3. The fourth-order valence-electron chi connectivity index (χ4n) is 4.17. The van der Waals surface area contributed by atoms with Crippen LogP contribution in [-0.4, -0.2) is 69.1 Å². The van der Waals surface area contributed by atoms with E-state index in [1.165, 1.54) is 6.07 Å². The number of nitrogens with zero attached hydrogens (tertiary/aromatic N) is 3. The number of aromatic nitrogens is 1. The number of aliphatic carboxylic acids is 1. The lowest BCUT2D eigenvalue weighted by atomic mass is 10.0. The number of benzene rings is 2. The third kappa shape index (κ3) is 4.15. The summed E-state index contributed by atoms with van der Waals surface area (Å²) in [6.45, 7) is 2.34. The topological polar surface area (TPSA) is 103 Å². The molecular formula is C23H23N3O5. The molecule has 1 fully saturated rings. The highest BCUT2D eigenvalue weighted by Gasteiger charge is 2.32. The van der Waals surface area contributed by atoms with Crippen molar-refractivity contribution in [3.8, 4) is 0 Å². The first kappa shape index (κ1) is 20.6. The number of fused-ring (bicyclic) bond motifs is 1. The second-order valence-electron chi connectivity index (χ2n) is 7.65. The molecule has 1 amide bonds. The number of carboxylic acid groups (broad SMARTS) is 2. The van der Waals surface area contributed by atoms with Crippen molar-refractivity contribution >= 4 is 29.3 Å². The number of carbonyl (C=O) groups excluding carboxylic acids is 1. The molecule has 1 aromatic heterocycles. The average molecular weight is 421 g/mol. The van der Waals surface area contributed by atoms with Gasteiger partial charge in [-0.1, -0.05) is 36.4 Å². The molecule has 8 heteroatoms. The summed E-state index contributed by atoms with van der Waals surface area (Å²) < 4.78 is 1.91. The summed E-state index contributed by atoms with van der Waals surface area (Å²) in [7, 11) is 0. The van der Waals surface area contributed by atoms with Crippen LogP contribution in [0.1, 0.15) is 27.5 Å². The van der Waals surface area contributed by atoms with E-state index < -0.39 is 18.0 Å². The van der Waals surface area contributed by atoms with Crippen LogP contribution in [0.5, 0.6) is 0 Å². The van der Waals surface area contributed by atoms with Crippen LogP contribution in [-0.2, 0) is 16.1 Å². The molecular weight excluding hydrogens is 398 g/mol. The standard InChI is InChI=1S/C23H23N3O5/c27-15-24-8-10-25(11-9-24)21(23(30)31)19-14-26(13-16-4-2-1-3-5-16)20-12-17(22(28)29)6-7-18(19)20/h1-7,12,14-15,21H,8-11,13H2,(H,28,29)(H,30,31). The first-order chi connectivity index (χ1) is 15.0. The normalized spacial score (nSPS) is 15.7. The van der Waals surface area contributed by atoms with Crippen LogP contribution in [0, 0.1) is 0 Å². The van der Waals surface area contributed by atoms with Gasteiger partial charge in [-0.2, -0.15) is 0 Å². The highest BCUT2D eigenvalue weighted by atomic mass is 16.4. The summed E-state index contributed by atoms with van der Waals surface area (Å²) in [5.74, 6) is -2.00. The Kier molecular flexibility index (Phi) is 5.73. The van der Waals surface area contributed by atoms with E-state index in [2.05, 4.69) is 0 Å². The highest BCUT2D eigenvalue weighted by Crippen LogP contribution is 2.32. The lowest BCUT2D eigenvalue weighted by molar-refractivity contribution is -0.144. The Morgan fingerprint density at radius 1 is 1.00 bits per heavy atom. The molecule has 2 aromatic carbocycles. The van der Waals surface area contributed by atoms with Crippen molar-refractivity contribution in [1.29, 1.82) is 0 Å². The Morgan fingerprint density at radius 2 is 1.71 bits per heavy atom. The van der Waals surface area contributed by atoms with E-state index in [1.54, 1.807) is 17.0 Å². The Bertz CT molecular complexity index is 1120. The first-order valence-corrected chi connectivity index (χ1v) is 10.0. The fourth-order valence-corrected chi connectivity index (χ4v) is 4.17. The number of hydrogen-bond donors (Lipinski definition) is 2. The number of rotatable bonds is 7. The molecule has 4 rings (SSSR count). The van der Waals surface area contributed by atoms with E-state index in [4.69, 9.17) is 0 Å².